The monoisotopic (exact) mass is 211 g/mol. The van der Waals surface area contributed by atoms with Crippen LogP contribution in [-0.2, 0) is 0 Å². The van der Waals surface area contributed by atoms with E-state index in [4.69, 9.17) is 4.74 Å². The molecule has 3 heteroatoms. The first-order valence-corrected chi connectivity index (χ1v) is 4.97. The molecule has 0 unspecified atom stereocenters. The maximum atomic E-state index is 9.69. The van der Waals surface area contributed by atoms with E-state index in [0.717, 1.165) is 5.69 Å². The van der Waals surface area contributed by atoms with Crippen LogP contribution in [0, 0.1) is 0 Å². The van der Waals surface area contributed by atoms with Gasteiger partial charge in [0.25, 0.3) is 0 Å². The van der Waals surface area contributed by atoms with Gasteiger partial charge in [0, 0.05) is 6.21 Å². The lowest BCUT2D eigenvalue weighted by molar-refractivity contribution is 0.455. The lowest BCUT2D eigenvalue weighted by atomic mass is 10.2. The minimum absolute atomic E-state index is 0.175. The zero-order chi connectivity index (χ0) is 11.0. The highest BCUT2D eigenvalue weighted by Gasteiger charge is 2.13. The second kappa shape index (κ2) is 3.38. The molecule has 0 radical (unpaired) electrons. The molecule has 0 aromatic heterocycles. The maximum Gasteiger partial charge on any atom is 0.153 e. The molecule has 1 N–H and O–H groups in total. The lowest BCUT2D eigenvalue weighted by Gasteiger charge is -2.07. The highest BCUT2D eigenvalue weighted by Crippen LogP contribution is 2.37. The van der Waals surface area contributed by atoms with Crippen LogP contribution in [0.25, 0.3) is 0 Å². The van der Waals surface area contributed by atoms with Gasteiger partial charge in [0.15, 0.2) is 5.75 Å². The first kappa shape index (κ1) is 8.97. The van der Waals surface area contributed by atoms with Gasteiger partial charge in [0.1, 0.15) is 17.2 Å². The maximum absolute atomic E-state index is 9.69. The van der Waals surface area contributed by atoms with Crippen LogP contribution in [0.15, 0.2) is 47.5 Å². The van der Waals surface area contributed by atoms with E-state index in [0.29, 0.717) is 17.1 Å². The summed E-state index contributed by atoms with van der Waals surface area (Å²) in [5, 5.41) is 9.69. The zero-order valence-electron chi connectivity index (χ0n) is 8.42. The van der Waals surface area contributed by atoms with Crippen molar-refractivity contribution in [1.29, 1.82) is 0 Å². The second-order valence-electron chi connectivity index (χ2n) is 3.52. The van der Waals surface area contributed by atoms with Gasteiger partial charge in [-0.2, -0.15) is 0 Å². The molecule has 0 aliphatic carbocycles. The second-order valence-corrected chi connectivity index (χ2v) is 3.52. The van der Waals surface area contributed by atoms with Crippen LogP contribution in [0.3, 0.4) is 0 Å². The molecule has 0 amide bonds. The summed E-state index contributed by atoms with van der Waals surface area (Å²) in [6.45, 7) is 0. The molecule has 78 valence electrons. The van der Waals surface area contributed by atoms with Crippen molar-refractivity contribution in [1.82, 2.24) is 0 Å². The standard InChI is InChI=1S/C13H9NO2/c15-11-5-3-7-12-9(11)8-14-10-4-1-2-6-13(10)16-12/h1-8,15H. The van der Waals surface area contributed by atoms with Gasteiger partial charge in [0.05, 0.1) is 5.56 Å². The molecular formula is C13H9NO2. The van der Waals surface area contributed by atoms with Crippen LogP contribution < -0.4 is 4.74 Å². The molecule has 16 heavy (non-hydrogen) atoms. The Balaban J connectivity index is 2.21. The van der Waals surface area contributed by atoms with Crippen LogP contribution in [0.2, 0.25) is 0 Å². The van der Waals surface area contributed by atoms with Gasteiger partial charge in [-0.1, -0.05) is 18.2 Å². The number of benzene rings is 2. The predicted octanol–water partition coefficient (Wildman–Crippen LogP) is 3.25. The summed E-state index contributed by atoms with van der Waals surface area (Å²) in [6.07, 6.45) is 1.62. The Morgan fingerprint density at radius 1 is 0.938 bits per heavy atom. The summed E-state index contributed by atoms with van der Waals surface area (Å²) < 4.78 is 5.70. The lowest BCUT2D eigenvalue weighted by Crippen LogP contribution is -1.88. The molecule has 0 saturated heterocycles. The van der Waals surface area contributed by atoms with Crippen molar-refractivity contribution in [3.8, 4) is 17.2 Å². The number of fused-ring (bicyclic) bond motifs is 2. The minimum atomic E-state index is 0.175. The summed E-state index contributed by atoms with van der Waals surface area (Å²) in [4.78, 5) is 4.28. The topological polar surface area (TPSA) is 41.8 Å². The number of rotatable bonds is 0. The molecule has 0 fully saturated rings. The summed E-state index contributed by atoms with van der Waals surface area (Å²) in [6, 6.07) is 12.7. The molecule has 1 aliphatic rings. The smallest absolute Gasteiger partial charge is 0.153 e. The fourth-order valence-electron chi connectivity index (χ4n) is 1.65. The highest BCUT2D eigenvalue weighted by molar-refractivity contribution is 5.90. The van der Waals surface area contributed by atoms with Crippen LogP contribution in [-0.4, -0.2) is 11.3 Å². The van der Waals surface area contributed by atoms with Gasteiger partial charge in [-0.25, -0.2) is 0 Å². The van der Waals surface area contributed by atoms with Crippen molar-refractivity contribution in [2.24, 2.45) is 4.99 Å². The number of hydrogen-bond acceptors (Lipinski definition) is 3. The fraction of sp³-hybridized carbons (Fsp3) is 0. The van der Waals surface area contributed by atoms with E-state index in [2.05, 4.69) is 4.99 Å². The predicted molar refractivity (Wildman–Crippen MR) is 61.9 cm³/mol. The van der Waals surface area contributed by atoms with Crippen LogP contribution in [0.1, 0.15) is 5.56 Å². The molecule has 2 aromatic rings. The quantitative estimate of drug-likeness (QED) is 0.620. The van der Waals surface area contributed by atoms with E-state index in [1.807, 2.05) is 30.3 Å². The zero-order valence-corrected chi connectivity index (χ0v) is 8.42. The Hall–Kier alpha value is -2.29. The van der Waals surface area contributed by atoms with Crippen LogP contribution in [0.5, 0.6) is 17.2 Å². The van der Waals surface area contributed by atoms with E-state index in [9.17, 15) is 5.11 Å². The Morgan fingerprint density at radius 2 is 1.75 bits per heavy atom. The van der Waals surface area contributed by atoms with E-state index in [1.54, 1.807) is 18.3 Å². The molecule has 3 nitrogen and oxygen atoms in total. The van der Waals surface area contributed by atoms with Crippen molar-refractivity contribution in [2.75, 3.05) is 0 Å². The summed E-state index contributed by atoms with van der Waals surface area (Å²) in [5.74, 6) is 1.49. The number of phenolic OH excluding ortho intramolecular Hbond substituents is 1. The number of aromatic hydroxyl groups is 1. The average molecular weight is 211 g/mol. The van der Waals surface area contributed by atoms with E-state index < -0.39 is 0 Å². The summed E-state index contributed by atoms with van der Waals surface area (Å²) in [5.41, 5.74) is 1.37. The Labute approximate surface area is 92.7 Å². The van der Waals surface area contributed by atoms with Gasteiger partial charge in [-0.3, -0.25) is 4.99 Å². The molecule has 1 aliphatic heterocycles. The van der Waals surface area contributed by atoms with E-state index >= 15 is 0 Å². The van der Waals surface area contributed by atoms with Gasteiger partial charge in [0.2, 0.25) is 0 Å². The van der Waals surface area contributed by atoms with Crippen LogP contribution in [0.4, 0.5) is 5.69 Å². The number of aliphatic imine (C=N–C) groups is 1. The molecule has 0 bridgehead atoms. The van der Waals surface area contributed by atoms with Gasteiger partial charge < -0.3 is 9.84 Å². The Morgan fingerprint density at radius 3 is 2.69 bits per heavy atom. The number of para-hydroxylation sites is 2. The van der Waals surface area contributed by atoms with Gasteiger partial charge in [-0.05, 0) is 24.3 Å². The number of phenols is 1. The SMILES string of the molecule is Oc1cccc2c1C=Nc1ccccc1O2. The molecule has 1 heterocycles. The van der Waals surface area contributed by atoms with Crippen LogP contribution >= 0.6 is 0 Å². The molecule has 0 atom stereocenters. The molecule has 0 spiro atoms. The number of nitrogens with zero attached hydrogens (tertiary/aromatic N) is 1. The van der Waals surface area contributed by atoms with Gasteiger partial charge in [-0.15, -0.1) is 0 Å². The summed E-state index contributed by atoms with van der Waals surface area (Å²) in [7, 11) is 0. The van der Waals surface area contributed by atoms with Crippen molar-refractivity contribution in [2.45, 2.75) is 0 Å². The molecule has 2 aromatic carbocycles. The van der Waals surface area contributed by atoms with E-state index in [1.165, 1.54) is 0 Å². The third-order valence-electron chi connectivity index (χ3n) is 2.46. The minimum Gasteiger partial charge on any atom is -0.507 e. The van der Waals surface area contributed by atoms with Crippen molar-refractivity contribution in [3.05, 3.63) is 48.0 Å². The average Bonchev–Trinajstić information content (AvgIpc) is 2.48. The summed E-state index contributed by atoms with van der Waals surface area (Å²) >= 11 is 0. The fourth-order valence-corrected chi connectivity index (χ4v) is 1.65. The number of ether oxygens (including phenoxy) is 1. The van der Waals surface area contributed by atoms with Gasteiger partial charge >= 0.3 is 0 Å². The first-order chi connectivity index (χ1) is 7.84. The van der Waals surface area contributed by atoms with E-state index in [-0.39, 0.29) is 5.75 Å². The molecule has 3 rings (SSSR count). The molecule has 0 saturated carbocycles. The number of hydrogen-bond donors (Lipinski definition) is 1. The van der Waals surface area contributed by atoms with Crippen molar-refractivity contribution >= 4 is 11.9 Å². The Kier molecular flexibility index (Phi) is 1.90. The Bertz CT molecular complexity index is 576. The van der Waals surface area contributed by atoms with Crippen molar-refractivity contribution in [3.63, 3.8) is 0 Å². The third-order valence-corrected chi connectivity index (χ3v) is 2.46. The normalized spacial score (nSPS) is 12.2. The van der Waals surface area contributed by atoms with Crippen molar-refractivity contribution < 1.29 is 9.84 Å². The third kappa shape index (κ3) is 1.34. The largest absolute Gasteiger partial charge is 0.507 e. The highest BCUT2D eigenvalue weighted by atomic mass is 16.5. The first-order valence-electron chi connectivity index (χ1n) is 4.97. The molecular weight excluding hydrogens is 202 g/mol.